The molecule has 174 valence electrons. The van der Waals surface area contributed by atoms with E-state index in [4.69, 9.17) is 5.11 Å². The number of carbonyl (C=O) groups excluding carboxylic acids is 1. The van der Waals surface area contributed by atoms with Crippen LogP contribution >= 0.6 is 0 Å². The molecule has 0 aliphatic rings. The molecule has 4 atom stereocenters. The van der Waals surface area contributed by atoms with Gasteiger partial charge in [-0.3, -0.25) is 4.79 Å². The number of carbonyl (C=O) groups is 1. The van der Waals surface area contributed by atoms with Crippen LogP contribution in [0.1, 0.15) is 96.8 Å². The van der Waals surface area contributed by atoms with E-state index in [1.165, 1.54) is 70.6 Å². The van der Waals surface area contributed by atoms with Crippen LogP contribution in [-0.4, -0.2) is 69.0 Å². The first kappa shape index (κ1) is 28.3. The van der Waals surface area contributed by atoms with Crippen molar-refractivity contribution in [2.75, 3.05) is 13.2 Å². The number of amides is 1. The molecule has 0 aliphatic heterocycles. The topological polar surface area (TPSA) is 130 Å². The maximum atomic E-state index is 11.8. The van der Waals surface area contributed by atoms with E-state index in [-0.39, 0.29) is 0 Å². The van der Waals surface area contributed by atoms with E-state index in [9.17, 15) is 25.2 Å². The lowest BCUT2D eigenvalue weighted by Gasteiger charge is -2.24. The van der Waals surface area contributed by atoms with Crippen LogP contribution in [0.5, 0.6) is 0 Å². The number of nitrogens with one attached hydrogen (secondary N) is 1. The zero-order valence-electron chi connectivity index (χ0n) is 18.3. The summed E-state index contributed by atoms with van der Waals surface area (Å²) in [5.41, 5.74) is 0. The van der Waals surface area contributed by atoms with Gasteiger partial charge in [0.25, 0.3) is 5.91 Å². The predicted octanol–water partition coefficient (Wildman–Crippen LogP) is 2.02. The first-order chi connectivity index (χ1) is 14.0. The second kappa shape index (κ2) is 19.2. The lowest BCUT2D eigenvalue weighted by atomic mass is 10.0. The standard InChI is InChI=1S/C22H45NO6/c1-2-3-4-5-6-7-8-9-10-11-12-13-14-15-16-23-22(29)21(28)20(27)19(26)18(25)17-24/h18-21,24-28H,2-17H2,1H3,(H,23,29). The number of rotatable bonds is 20. The van der Waals surface area contributed by atoms with Crippen LogP contribution < -0.4 is 5.32 Å². The Labute approximate surface area is 176 Å². The SMILES string of the molecule is CCCCCCCCCCCCCCCCNC(=O)C(O)C(O)C(O)C(O)CO. The van der Waals surface area contributed by atoms with Gasteiger partial charge >= 0.3 is 0 Å². The van der Waals surface area contributed by atoms with Crippen molar-refractivity contribution in [1.82, 2.24) is 5.32 Å². The van der Waals surface area contributed by atoms with Crippen molar-refractivity contribution < 1.29 is 30.3 Å². The van der Waals surface area contributed by atoms with Gasteiger partial charge in [-0.2, -0.15) is 0 Å². The van der Waals surface area contributed by atoms with Crippen molar-refractivity contribution in [3.05, 3.63) is 0 Å². The lowest BCUT2D eigenvalue weighted by molar-refractivity contribution is -0.148. The number of aliphatic hydroxyl groups is 5. The summed E-state index contributed by atoms with van der Waals surface area (Å²) in [5, 5.41) is 49.3. The van der Waals surface area contributed by atoms with Crippen molar-refractivity contribution in [2.24, 2.45) is 0 Å². The fraction of sp³-hybridized carbons (Fsp3) is 0.955. The number of hydrogen-bond acceptors (Lipinski definition) is 6. The average Bonchev–Trinajstić information content (AvgIpc) is 2.73. The Balaban J connectivity index is 3.50. The molecule has 0 spiro atoms. The normalized spacial score (nSPS) is 15.7. The van der Waals surface area contributed by atoms with Crippen molar-refractivity contribution >= 4 is 5.91 Å². The maximum Gasteiger partial charge on any atom is 0.251 e. The molecule has 0 saturated heterocycles. The number of hydrogen-bond donors (Lipinski definition) is 6. The number of unbranched alkanes of at least 4 members (excludes halogenated alkanes) is 13. The average molecular weight is 420 g/mol. The Morgan fingerprint density at radius 1 is 0.690 bits per heavy atom. The molecule has 29 heavy (non-hydrogen) atoms. The number of aliphatic hydroxyl groups excluding tert-OH is 5. The van der Waals surface area contributed by atoms with Gasteiger partial charge in [-0.05, 0) is 6.42 Å². The highest BCUT2D eigenvalue weighted by Gasteiger charge is 2.33. The maximum absolute atomic E-state index is 11.8. The molecule has 6 N–H and O–H groups in total. The van der Waals surface area contributed by atoms with Gasteiger partial charge in [-0.25, -0.2) is 0 Å². The van der Waals surface area contributed by atoms with Crippen LogP contribution in [0.3, 0.4) is 0 Å². The van der Waals surface area contributed by atoms with Crippen molar-refractivity contribution in [3.8, 4) is 0 Å². The van der Waals surface area contributed by atoms with E-state index in [0.29, 0.717) is 6.54 Å². The van der Waals surface area contributed by atoms with E-state index in [0.717, 1.165) is 19.3 Å². The van der Waals surface area contributed by atoms with Crippen LogP contribution in [-0.2, 0) is 4.79 Å². The lowest BCUT2D eigenvalue weighted by Crippen LogP contribution is -2.51. The molecule has 0 radical (unpaired) electrons. The first-order valence-corrected chi connectivity index (χ1v) is 11.6. The molecule has 7 heteroatoms. The molecule has 0 heterocycles. The quantitative estimate of drug-likeness (QED) is 0.167. The molecule has 0 aromatic heterocycles. The summed E-state index contributed by atoms with van der Waals surface area (Å²) in [7, 11) is 0. The molecule has 4 unspecified atom stereocenters. The van der Waals surface area contributed by atoms with Gasteiger partial charge in [0.1, 0.15) is 18.3 Å². The summed E-state index contributed by atoms with van der Waals surface area (Å²) in [6.07, 6.45) is 10.3. The molecular weight excluding hydrogens is 374 g/mol. The Kier molecular flexibility index (Phi) is 18.8. The molecule has 1 amide bonds. The molecule has 0 bridgehead atoms. The van der Waals surface area contributed by atoms with Gasteiger partial charge in [0.05, 0.1) is 6.61 Å². The first-order valence-electron chi connectivity index (χ1n) is 11.6. The predicted molar refractivity (Wildman–Crippen MR) is 114 cm³/mol. The van der Waals surface area contributed by atoms with Gasteiger partial charge in [0, 0.05) is 6.54 Å². The van der Waals surface area contributed by atoms with Crippen LogP contribution in [0.4, 0.5) is 0 Å². The Morgan fingerprint density at radius 2 is 1.10 bits per heavy atom. The fourth-order valence-corrected chi connectivity index (χ4v) is 3.31. The molecule has 0 aliphatic carbocycles. The van der Waals surface area contributed by atoms with Gasteiger partial charge in [-0.1, -0.05) is 90.4 Å². The highest BCUT2D eigenvalue weighted by molar-refractivity contribution is 5.81. The minimum atomic E-state index is -1.85. The molecule has 0 aromatic rings. The fourth-order valence-electron chi connectivity index (χ4n) is 3.31. The van der Waals surface area contributed by atoms with Crippen molar-refractivity contribution in [2.45, 2.75) is 121 Å². The smallest absolute Gasteiger partial charge is 0.251 e. The van der Waals surface area contributed by atoms with E-state index in [2.05, 4.69) is 12.2 Å². The summed E-state index contributed by atoms with van der Waals surface area (Å²) >= 11 is 0. The summed E-state index contributed by atoms with van der Waals surface area (Å²) in [4.78, 5) is 11.8. The zero-order chi connectivity index (χ0) is 21.9. The van der Waals surface area contributed by atoms with E-state index < -0.39 is 36.9 Å². The van der Waals surface area contributed by atoms with Crippen molar-refractivity contribution in [1.29, 1.82) is 0 Å². The Morgan fingerprint density at radius 3 is 1.52 bits per heavy atom. The van der Waals surface area contributed by atoms with Crippen LogP contribution in [0.25, 0.3) is 0 Å². The minimum absolute atomic E-state index is 0.388. The monoisotopic (exact) mass is 419 g/mol. The molecule has 0 saturated carbocycles. The Hall–Kier alpha value is -0.730. The summed E-state index contributed by atoms with van der Waals surface area (Å²) in [6.45, 7) is 1.86. The molecule has 0 rings (SSSR count). The highest BCUT2D eigenvalue weighted by atomic mass is 16.4. The molecule has 0 fully saturated rings. The molecule has 7 nitrogen and oxygen atoms in total. The van der Waals surface area contributed by atoms with E-state index >= 15 is 0 Å². The summed E-state index contributed by atoms with van der Waals surface area (Å²) < 4.78 is 0. The highest BCUT2D eigenvalue weighted by Crippen LogP contribution is 2.13. The van der Waals surface area contributed by atoms with Gasteiger partial charge in [0.2, 0.25) is 0 Å². The van der Waals surface area contributed by atoms with Gasteiger partial charge in [-0.15, -0.1) is 0 Å². The van der Waals surface area contributed by atoms with E-state index in [1.54, 1.807) is 0 Å². The van der Waals surface area contributed by atoms with Gasteiger partial charge < -0.3 is 30.8 Å². The zero-order valence-corrected chi connectivity index (χ0v) is 18.3. The van der Waals surface area contributed by atoms with E-state index in [1.807, 2.05) is 0 Å². The molecular formula is C22H45NO6. The second-order valence-electron chi connectivity index (χ2n) is 8.06. The van der Waals surface area contributed by atoms with Gasteiger partial charge in [0.15, 0.2) is 6.10 Å². The third-order valence-electron chi connectivity index (χ3n) is 5.35. The molecule has 0 aromatic carbocycles. The third-order valence-corrected chi connectivity index (χ3v) is 5.35. The second-order valence-corrected chi connectivity index (χ2v) is 8.06. The minimum Gasteiger partial charge on any atom is -0.394 e. The van der Waals surface area contributed by atoms with Crippen LogP contribution in [0, 0.1) is 0 Å². The Bertz CT molecular complexity index is 382. The third kappa shape index (κ3) is 14.8. The largest absolute Gasteiger partial charge is 0.394 e. The van der Waals surface area contributed by atoms with Crippen LogP contribution in [0.15, 0.2) is 0 Å². The summed E-state index contributed by atoms with van der Waals surface area (Å²) in [5.74, 6) is -0.795. The van der Waals surface area contributed by atoms with Crippen LogP contribution in [0.2, 0.25) is 0 Å². The summed E-state index contributed by atoms with van der Waals surface area (Å²) in [6, 6.07) is 0. The van der Waals surface area contributed by atoms with Crippen molar-refractivity contribution in [3.63, 3.8) is 0 Å².